The van der Waals surface area contributed by atoms with Gasteiger partial charge in [0.05, 0.1) is 18.3 Å². The van der Waals surface area contributed by atoms with E-state index < -0.39 is 0 Å². The number of hydrogen-bond donors (Lipinski definition) is 1. The first-order chi connectivity index (χ1) is 10.2. The van der Waals surface area contributed by atoms with Crippen LogP contribution in [-0.4, -0.2) is 50.7 Å². The maximum atomic E-state index is 6.17. The summed E-state index contributed by atoms with van der Waals surface area (Å²) in [5.41, 5.74) is 0.0745. The van der Waals surface area contributed by atoms with Gasteiger partial charge < -0.3 is 19.5 Å². The van der Waals surface area contributed by atoms with Crippen LogP contribution in [0.1, 0.15) is 52.9 Å². The first-order valence-corrected chi connectivity index (χ1v) is 8.72. The molecule has 0 bridgehead atoms. The smallest absolute Gasteiger partial charge is 0.0729 e. The summed E-state index contributed by atoms with van der Waals surface area (Å²) in [4.78, 5) is 0. The molecule has 0 amide bonds. The maximum absolute atomic E-state index is 6.17. The van der Waals surface area contributed by atoms with E-state index in [-0.39, 0.29) is 5.60 Å². The SMILES string of the molecule is CCCNC(COC(C)C)C1CCOC2(CCOCC2)C1. The molecule has 2 heterocycles. The first kappa shape index (κ1) is 17.2. The van der Waals surface area contributed by atoms with Crippen LogP contribution in [0.3, 0.4) is 0 Å². The van der Waals surface area contributed by atoms with Crippen molar-refractivity contribution in [3.05, 3.63) is 0 Å². The van der Waals surface area contributed by atoms with E-state index in [1.54, 1.807) is 0 Å². The Labute approximate surface area is 129 Å². The fourth-order valence-electron chi connectivity index (χ4n) is 3.49. The summed E-state index contributed by atoms with van der Waals surface area (Å²) in [6.45, 7) is 10.9. The van der Waals surface area contributed by atoms with E-state index in [0.29, 0.717) is 18.1 Å². The second-order valence-corrected chi connectivity index (χ2v) is 6.84. The quantitative estimate of drug-likeness (QED) is 0.784. The third-order valence-corrected chi connectivity index (χ3v) is 4.77. The average Bonchev–Trinajstić information content (AvgIpc) is 2.48. The Morgan fingerprint density at radius 2 is 2.00 bits per heavy atom. The van der Waals surface area contributed by atoms with Crippen LogP contribution in [0, 0.1) is 5.92 Å². The van der Waals surface area contributed by atoms with Crippen molar-refractivity contribution >= 4 is 0 Å². The predicted molar refractivity (Wildman–Crippen MR) is 84.6 cm³/mol. The van der Waals surface area contributed by atoms with Crippen molar-refractivity contribution < 1.29 is 14.2 Å². The van der Waals surface area contributed by atoms with Crippen molar-refractivity contribution in [1.29, 1.82) is 0 Å². The van der Waals surface area contributed by atoms with Crippen molar-refractivity contribution in [3.8, 4) is 0 Å². The van der Waals surface area contributed by atoms with Crippen LogP contribution in [0.25, 0.3) is 0 Å². The fourth-order valence-corrected chi connectivity index (χ4v) is 3.49. The van der Waals surface area contributed by atoms with Crippen molar-refractivity contribution in [2.24, 2.45) is 5.92 Å². The molecule has 0 aromatic carbocycles. The summed E-state index contributed by atoms with van der Waals surface area (Å²) < 4.78 is 17.6. The van der Waals surface area contributed by atoms with Gasteiger partial charge in [-0.25, -0.2) is 0 Å². The molecule has 2 saturated heterocycles. The van der Waals surface area contributed by atoms with Crippen LogP contribution in [0.2, 0.25) is 0 Å². The molecule has 1 spiro atoms. The molecule has 124 valence electrons. The Morgan fingerprint density at radius 3 is 2.67 bits per heavy atom. The van der Waals surface area contributed by atoms with Crippen LogP contribution < -0.4 is 5.32 Å². The monoisotopic (exact) mass is 299 g/mol. The highest BCUT2D eigenvalue weighted by Crippen LogP contribution is 2.38. The van der Waals surface area contributed by atoms with Gasteiger partial charge in [-0.05, 0) is 58.4 Å². The molecular weight excluding hydrogens is 266 g/mol. The third-order valence-electron chi connectivity index (χ3n) is 4.77. The van der Waals surface area contributed by atoms with Gasteiger partial charge in [-0.3, -0.25) is 0 Å². The minimum absolute atomic E-state index is 0.0745. The van der Waals surface area contributed by atoms with Crippen molar-refractivity contribution in [1.82, 2.24) is 5.32 Å². The zero-order valence-electron chi connectivity index (χ0n) is 14.0. The van der Waals surface area contributed by atoms with Gasteiger partial charge in [-0.1, -0.05) is 6.92 Å². The summed E-state index contributed by atoms with van der Waals surface area (Å²) in [5.74, 6) is 0.655. The van der Waals surface area contributed by atoms with Crippen LogP contribution in [0.4, 0.5) is 0 Å². The molecule has 0 aromatic heterocycles. The zero-order chi connectivity index (χ0) is 15.1. The largest absolute Gasteiger partial charge is 0.381 e. The van der Waals surface area contributed by atoms with E-state index >= 15 is 0 Å². The minimum Gasteiger partial charge on any atom is -0.381 e. The van der Waals surface area contributed by atoms with Gasteiger partial charge in [0.25, 0.3) is 0 Å². The molecular formula is C17H33NO3. The van der Waals surface area contributed by atoms with Crippen LogP contribution in [0.5, 0.6) is 0 Å². The van der Waals surface area contributed by atoms with Crippen molar-refractivity contribution in [3.63, 3.8) is 0 Å². The van der Waals surface area contributed by atoms with Gasteiger partial charge in [0.15, 0.2) is 0 Å². The number of hydrogen-bond acceptors (Lipinski definition) is 4. The third kappa shape index (κ3) is 5.20. The summed E-state index contributed by atoms with van der Waals surface area (Å²) in [7, 11) is 0. The molecule has 1 N–H and O–H groups in total. The maximum Gasteiger partial charge on any atom is 0.0729 e. The van der Waals surface area contributed by atoms with Crippen molar-refractivity contribution in [2.45, 2.75) is 70.6 Å². The summed E-state index contributed by atoms with van der Waals surface area (Å²) in [6, 6.07) is 0.455. The molecule has 0 radical (unpaired) electrons. The molecule has 0 saturated carbocycles. The second kappa shape index (κ2) is 8.47. The molecule has 2 unspecified atom stereocenters. The Morgan fingerprint density at radius 1 is 1.24 bits per heavy atom. The average molecular weight is 299 g/mol. The Balaban J connectivity index is 1.93. The van der Waals surface area contributed by atoms with Gasteiger partial charge in [-0.15, -0.1) is 0 Å². The van der Waals surface area contributed by atoms with Crippen LogP contribution >= 0.6 is 0 Å². The molecule has 2 aliphatic rings. The lowest BCUT2D eigenvalue weighted by atomic mass is 9.78. The molecule has 21 heavy (non-hydrogen) atoms. The highest BCUT2D eigenvalue weighted by atomic mass is 16.5. The molecule has 4 nitrogen and oxygen atoms in total. The number of nitrogens with one attached hydrogen (secondary N) is 1. The Bertz CT molecular complexity index is 284. The molecule has 2 aliphatic heterocycles. The normalized spacial score (nSPS) is 27.1. The van der Waals surface area contributed by atoms with E-state index in [1.165, 1.54) is 6.42 Å². The number of rotatable bonds is 7. The Kier molecular flexibility index (Phi) is 6.93. The summed E-state index contributed by atoms with van der Waals surface area (Å²) in [5, 5.41) is 3.70. The minimum atomic E-state index is 0.0745. The lowest BCUT2D eigenvalue weighted by molar-refractivity contribution is -0.152. The number of ether oxygens (including phenoxy) is 3. The van der Waals surface area contributed by atoms with Crippen LogP contribution in [0.15, 0.2) is 0 Å². The zero-order valence-corrected chi connectivity index (χ0v) is 14.0. The lowest BCUT2D eigenvalue weighted by Crippen LogP contribution is -2.51. The topological polar surface area (TPSA) is 39.7 Å². The van der Waals surface area contributed by atoms with Gasteiger partial charge >= 0.3 is 0 Å². The molecule has 4 heteroatoms. The molecule has 2 fully saturated rings. The molecule has 2 rings (SSSR count). The van der Waals surface area contributed by atoms with Gasteiger partial charge in [0, 0.05) is 25.9 Å². The Hall–Kier alpha value is -0.160. The van der Waals surface area contributed by atoms with Gasteiger partial charge in [0.1, 0.15) is 0 Å². The van der Waals surface area contributed by atoms with Gasteiger partial charge in [0.2, 0.25) is 0 Å². The van der Waals surface area contributed by atoms with E-state index in [2.05, 4.69) is 26.1 Å². The van der Waals surface area contributed by atoms with Gasteiger partial charge in [-0.2, -0.15) is 0 Å². The standard InChI is InChI=1S/C17H33NO3/c1-4-8-18-16(13-20-14(2)3)15-5-9-21-17(12-15)6-10-19-11-7-17/h14-16,18H,4-13H2,1-3H3. The lowest BCUT2D eigenvalue weighted by Gasteiger charge is -2.45. The van der Waals surface area contributed by atoms with E-state index in [9.17, 15) is 0 Å². The first-order valence-electron chi connectivity index (χ1n) is 8.72. The molecule has 0 aliphatic carbocycles. The fraction of sp³-hybridized carbons (Fsp3) is 1.00. The van der Waals surface area contributed by atoms with Crippen molar-refractivity contribution in [2.75, 3.05) is 33.0 Å². The van der Waals surface area contributed by atoms with E-state index in [1.807, 2.05) is 0 Å². The highest BCUT2D eigenvalue weighted by molar-refractivity contribution is 4.92. The van der Waals surface area contributed by atoms with E-state index in [4.69, 9.17) is 14.2 Å². The predicted octanol–water partition coefficient (Wildman–Crippen LogP) is 2.76. The van der Waals surface area contributed by atoms with E-state index in [0.717, 1.165) is 58.7 Å². The summed E-state index contributed by atoms with van der Waals surface area (Å²) in [6.07, 6.45) is 5.86. The molecule has 2 atom stereocenters. The highest BCUT2D eigenvalue weighted by Gasteiger charge is 2.41. The summed E-state index contributed by atoms with van der Waals surface area (Å²) >= 11 is 0. The second-order valence-electron chi connectivity index (χ2n) is 6.84. The van der Waals surface area contributed by atoms with Crippen LogP contribution in [-0.2, 0) is 14.2 Å². The molecule has 0 aromatic rings.